The van der Waals surface area contributed by atoms with Crippen LogP contribution in [-0.2, 0) is 4.74 Å². The zero-order chi connectivity index (χ0) is 18.0. The Balaban J connectivity index is 1.59. The molecule has 25 heavy (non-hydrogen) atoms. The molecule has 3 rings (SSSR count). The van der Waals surface area contributed by atoms with Gasteiger partial charge in [-0.1, -0.05) is 0 Å². The lowest BCUT2D eigenvalue weighted by molar-refractivity contribution is 0.00282. The summed E-state index contributed by atoms with van der Waals surface area (Å²) in [5.41, 5.74) is 0.199. The molecule has 1 atom stereocenters. The molecule has 0 spiro atoms. The summed E-state index contributed by atoms with van der Waals surface area (Å²) in [4.78, 5) is 19.7. The highest BCUT2D eigenvalue weighted by Gasteiger charge is 2.47. The summed E-state index contributed by atoms with van der Waals surface area (Å²) < 4.78 is 45.6. The Morgan fingerprint density at radius 1 is 1.36 bits per heavy atom. The Labute approximate surface area is 144 Å². The smallest absolute Gasteiger partial charge is 0.272 e. The normalized spacial score (nSPS) is 24.6. The van der Waals surface area contributed by atoms with Crippen molar-refractivity contribution in [1.29, 1.82) is 0 Å². The van der Waals surface area contributed by atoms with Crippen LogP contribution < -0.4 is 0 Å². The van der Waals surface area contributed by atoms with Crippen molar-refractivity contribution in [2.45, 2.75) is 37.3 Å². The highest BCUT2D eigenvalue weighted by Crippen LogP contribution is 2.35. The number of likely N-dealkylation sites (tertiary alicyclic amines) is 2. The SMILES string of the molecule is COC[C@@H]1CC(F)(F)CN1C1CCN(C(=O)c2ccc(F)cn2)CC1. The maximum absolute atomic E-state index is 13.8. The monoisotopic (exact) mass is 357 g/mol. The van der Waals surface area contributed by atoms with Crippen molar-refractivity contribution in [3.8, 4) is 0 Å². The van der Waals surface area contributed by atoms with Crippen LogP contribution in [0, 0.1) is 5.82 Å². The number of carbonyl (C=O) groups is 1. The molecule has 138 valence electrons. The molecule has 2 aliphatic heterocycles. The Bertz CT molecular complexity index is 604. The van der Waals surface area contributed by atoms with Crippen LogP contribution in [0.25, 0.3) is 0 Å². The van der Waals surface area contributed by atoms with Crippen LogP contribution in [-0.4, -0.2) is 72.0 Å². The summed E-state index contributed by atoms with van der Waals surface area (Å²) in [6.07, 6.45) is 2.09. The minimum Gasteiger partial charge on any atom is -0.383 e. The van der Waals surface area contributed by atoms with Crippen LogP contribution in [0.5, 0.6) is 0 Å². The highest BCUT2D eigenvalue weighted by molar-refractivity contribution is 5.92. The van der Waals surface area contributed by atoms with Gasteiger partial charge in [0.2, 0.25) is 0 Å². The standard InChI is InChI=1S/C17H22F3N3O2/c1-25-10-14-8-17(19,20)11-23(14)13-4-6-22(7-5-13)16(24)15-3-2-12(18)9-21-15/h2-3,9,13-14H,4-8,10-11H2,1H3/t14-/m0/s1. The van der Waals surface area contributed by atoms with Gasteiger partial charge in [0.1, 0.15) is 11.5 Å². The molecular weight excluding hydrogens is 335 g/mol. The molecule has 1 aromatic heterocycles. The van der Waals surface area contributed by atoms with Crippen LogP contribution in [0.4, 0.5) is 13.2 Å². The summed E-state index contributed by atoms with van der Waals surface area (Å²) in [5, 5.41) is 0. The minimum atomic E-state index is -2.69. The lowest BCUT2D eigenvalue weighted by atomic mass is 10.0. The number of methoxy groups -OCH3 is 1. The largest absolute Gasteiger partial charge is 0.383 e. The van der Waals surface area contributed by atoms with Crippen LogP contribution in [0.2, 0.25) is 0 Å². The van der Waals surface area contributed by atoms with E-state index in [0.717, 1.165) is 6.20 Å². The van der Waals surface area contributed by atoms with Crippen LogP contribution in [0.15, 0.2) is 18.3 Å². The zero-order valence-corrected chi connectivity index (χ0v) is 14.1. The van der Waals surface area contributed by atoms with E-state index in [1.807, 2.05) is 4.90 Å². The maximum Gasteiger partial charge on any atom is 0.272 e. The fraction of sp³-hybridized carbons (Fsp3) is 0.647. The Morgan fingerprint density at radius 3 is 2.68 bits per heavy atom. The van der Waals surface area contributed by atoms with Gasteiger partial charge in [-0.2, -0.15) is 0 Å². The van der Waals surface area contributed by atoms with Gasteiger partial charge >= 0.3 is 0 Å². The first-order valence-corrected chi connectivity index (χ1v) is 8.43. The number of rotatable bonds is 4. The predicted molar refractivity (Wildman–Crippen MR) is 85.1 cm³/mol. The van der Waals surface area contributed by atoms with Crippen molar-refractivity contribution in [3.63, 3.8) is 0 Å². The van der Waals surface area contributed by atoms with E-state index >= 15 is 0 Å². The minimum absolute atomic E-state index is 0.0127. The van der Waals surface area contributed by atoms with Crippen molar-refractivity contribution >= 4 is 5.91 Å². The molecule has 1 amide bonds. The van der Waals surface area contributed by atoms with Crippen LogP contribution in [0.1, 0.15) is 29.8 Å². The second kappa shape index (κ2) is 7.29. The number of pyridine rings is 1. The summed E-state index contributed by atoms with van der Waals surface area (Å²) in [7, 11) is 1.52. The molecule has 2 saturated heterocycles. The van der Waals surface area contributed by atoms with E-state index in [1.165, 1.54) is 19.2 Å². The molecule has 0 aliphatic carbocycles. The molecule has 3 heterocycles. The summed E-state index contributed by atoms with van der Waals surface area (Å²) in [6, 6.07) is 2.29. The molecule has 0 saturated carbocycles. The fourth-order valence-electron chi connectivity index (χ4n) is 3.76. The first-order valence-electron chi connectivity index (χ1n) is 8.43. The third-order valence-electron chi connectivity index (χ3n) is 4.94. The molecular formula is C17H22F3N3O2. The Hall–Kier alpha value is -1.67. The molecule has 0 radical (unpaired) electrons. The van der Waals surface area contributed by atoms with E-state index in [2.05, 4.69) is 4.98 Å². The molecule has 5 nitrogen and oxygen atoms in total. The van der Waals surface area contributed by atoms with Crippen molar-refractivity contribution in [2.75, 3.05) is 33.4 Å². The molecule has 8 heteroatoms. The van der Waals surface area contributed by atoms with Gasteiger partial charge in [0.15, 0.2) is 0 Å². The maximum atomic E-state index is 13.8. The van der Waals surface area contributed by atoms with E-state index in [1.54, 1.807) is 4.90 Å². The fourth-order valence-corrected chi connectivity index (χ4v) is 3.76. The highest BCUT2D eigenvalue weighted by atomic mass is 19.3. The van der Waals surface area contributed by atoms with Gasteiger partial charge in [-0.3, -0.25) is 9.69 Å². The van der Waals surface area contributed by atoms with E-state index in [-0.39, 0.29) is 43.3 Å². The lowest BCUT2D eigenvalue weighted by Gasteiger charge is -2.38. The molecule has 0 bridgehead atoms. The number of hydrogen-bond acceptors (Lipinski definition) is 4. The first kappa shape index (κ1) is 18.1. The molecule has 0 aromatic carbocycles. The van der Waals surface area contributed by atoms with Crippen molar-refractivity contribution in [3.05, 3.63) is 29.8 Å². The van der Waals surface area contributed by atoms with Gasteiger partial charge in [-0.15, -0.1) is 0 Å². The van der Waals surface area contributed by atoms with E-state index < -0.39 is 11.7 Å². The number of alkyl halides is 2. The first-order chi connectivity index (χ1) is 11.9. The molecule has 2 fully saturated rings. The van der Waals surface area contributed by atoms with Gasteiger partial charge < -0.3 is 9.64 Å². The molecule has 0 unspecified atom stereocenters. The number of ether oxygens (including phenoxy) is 1. The van der Waals surface area contributed by atoms with E-state index in [4.69, 9.17) is 4.74 Å². The topological polar surface area (TPSA) is 45.7 Å². The number of hydrogen-bond donors (Lipinski definition) is 0. The lowest BCUT2D eigenvalue weighted by Crippen LogP contribution is -2.49. The number of halogens is 3. The summed E-state index contributed by atoms with van der Waals surface area (Å²) in [5.74, 6) is -3.43. The van der Waals surface area contributed by atoms with Gasteiger partial charge in [0, 0.05) is 38.7 Å². The quantitative estimate of drug-likeness (QED) is 0.829. The number of aromatic nitrogens is 1. The summed E-state index contributed by atoms with van der Waals surface area (Å²) in [6.45, 7) is 0.988. The van der Waals surface area contributed by atoms with Gasteiger partial charge in [-0.05, 0) is 25.0 Å². The van der Waals surface area contributed by atoms with E-state index in [9.17, 15) is 18.0 Å². The second-order valence-electron chi connectivity index (χ2n) is 6.73. The van der Waals surface area contributed by atoms with E-state index in [0.29, 0.717) is 25.9 Å². The van der Waals surface area contributed by atoms with Crippen molar-refractivity contribution in [1.82, 2.24) is 14.8 Å². The van der Waals surface area contributed by atoms with Gasteiger partial charge in [-0.25, -0.2) is 18.2 Å². The Morgan fingerprint density at radius 2 is 2.08 bits per heavy atom. The number of piperidine rings is 1. The second-order valence-corrected chi connectivity index (χ2v) is 6.73. The average molecular weight is 357 g/mol. The number of nitrogens with zero attached hydrogens (tertiary/aromatic N) is 3. The average Bonchev–Trinajstić information content (AvgIpc) is 2.90. The predicted octanol–water partition coefficient (Wildman–Crippen LogP) is 2.18. The molecule has 1 aromatic rings. The van der Waals surface area contributed by atoms with Crippen LogP contribution in [0.3, 0.4) is 0 Å². The van der Waals surface area contributed by atoms with Crippen molar-refractivity contribution < 1.29 is 22.7 Å². The van der Waals surface area contributed by atoms with Crippen LogP contribution >= 0.6 is 0 Å². The Kier molecular flexibility index (Phi) is 5.29. The van der Waals surface area contributed by atoms with Crippen molar-refractivity contribution in [2.24, 2.45) is 0 Å². The van der Waals surface area contributed by atoms with Gasteiger partial charge in [0.25, 0.3) is 11.8 Å². The zero-order valence-electron chi connectivity index (χ0n) is 14.1. The third kappa shape index (κ3) is 4.12. The third-order valence-corrected chi connectivity index (χ3v) is 4.94. The molecule has 2 aliphatic rings. The number of amides is 1. The molecule has 0 N–H and O–H groups in total. The number of carbonyl (C=O) groups excluding carboxylic acids is 1. The summed E-state index contributed by atoms with van der Waals surface area (Å²) >= 11 is 0. The van der Waals surface area contributed by atoms with Gasteiger partial charge in [0.05, 0.1) is 19.3 Å².